The Morgan fingerprint density at radius 2 is 2.00 bits per heavy atom. The van der Waals surface area contributed by atoms with E-state index in [9.17, 15) is 9.59 Å². The molecule has 2 N–H and O–H groups in total. The molecule has 0 unspecified atom stereocenters. The van der Waals surface area contributed by atoms with E-state index in [2.05, 4.69) is 28.6 Å². The van der Waals surface area contributed by atoms with Crippen LogP contribution in [0.2, 0.25) is 0 Å². The maximum Gasteiger partial charge on any atom is 0.325 e. The van der Waals surface area contributed by atoms with E-state index in [0.717, 1.165) is 23.4 Å². The number of fused-ring (bicyclic) bond motifs is 1. The van der Waals surface area contributed by atoms with Gasteiger partial charge in [0, 0.05) is 22.8 Å². The van der Waals surface area contributed by atoms with Crippen molar-refractivity contribution < 1.29 is 9.59 Å². The fourth-order valence-electron chi connectivity index (χ4n) is 3.61. The number of carbonyl (C=O) groups excluding carboxylic acids is 2. The van der Waals surface area contributed by atoms with Gasteiger partial charge >= 0.3 is 6.03 Å². The van der Waals surface area contributed by atoms with Crippen molar-refractivity contribution >= 4 is 39.8 Å². The molecule has 4 rings (SSSR count). The molecule has 0 saturated carbocycles. The van der Waals surface area contributed by atoms with Crippen LogP contribution in [-0.4, -0.2) is 23.0 Å². The maximum absolute atomic E-state index is 12.9. The highest BCUT2D eigenvalue weighted by atomic mass is 32.1. The monoisotopic (exact) mass is 406 g/mol. The fourth-order valence-corrected chi connectivity index (χ4v) is 4.32. The Balaban J connectivity index is 1.38. The molecule has 0 radical (unpaired) electrons. The highest BCUT2D eigenvalue weighted by molar-refractivity contribution is 7.14. The van der Waals surface area contributed by atoms with Gasteiger partial charge in [-0.1, -0.05) is 30.3 Å². The molecule has 1 aromatic heterocycles. The number of benzene rings is 2. The Hall–Kier alpha value is -3.19. The summed E-state index contributed by atoms with van der Waals surface area (Å²) < 4.78 is 0. The number of urea groups is 1. The van der Waals surface area contributed by atoms with Crippen molar-refractivity contribution in [3.63, 3.8) is 0 Å². The van der Waals surface area contributed by atoms with Gasteiger partial charge < -0.3 is 10.2 Å². The van der Waals surface area contributed by atoms with Gasteiger partial charge in [0.2, 0.25) is 5.91 Å². The van der Waals surface area contributed by atoms with Crippen LogP contribution in [0, 0.1) is 6.92 Å². The van der Waals surface area contributed by atoms with E-state index < -0.39 is 0 Å². The Morgan fingerprint density at radius 3 is 2.83 bits per heavy atom. The van der Waals surface area contributed by atoms with E-state index >= 15 is 0 Å². The predicted octanol–water partition coefficient (Wildman–Crippen LogP) is 4.62. The number of carbonyl (C=O) groups is 2. The van der Waals surface area contributed by atoms with Crippen LogP contribution in [0.25, 0.3) is 0 Å². The maximum atomic E-state index is 12.9. The molecule has 1 aliphatic heterocycles. The molecule has 1 aliphatic rings. The van der Waals surface area contributed by atoms with E-state index in [1.54, 1.807) is 0 Å². The SMILES string of the molecule is Cc1cccc(NC(=O)Nc2nc(CC(=O)N3c4ccccc4C[C@H]3C)cs2)c1. The molecule has 2 heterocycles. The number of hydrogen-bond acceptors (Lipinski definition) is 4. The number of hydrogen-bond donors (Lipinski definition) is 2. The van der Waals surface area contributed by atoms with Crippen LogP contribution in [0.5, 0.6) is 0 Å². The van der Waals surface area contributed by atoms with Crippen molar-refractivity contribution in [3.8, 4) is 0 Å². The van der Waals surface area contributed by atoms with Crippen molar-refractivity contribution in [2.45, 2.75) is 32.7 Å². The van der Waals surface area contributed by atoms with Crippen LogP contribution >= 0.6 is 11.3 Å². The van der Waals surface area contributed by atoms with Crippen molar-refractivity contribution in [1.29, 1.82) is 0 Å². The van der Waals surface area contributed by atoms with Gasteiger partial charge in [0.25, 0.3) is 0 Å². The molecule has 2 aromatic carbocycles. The second kappa shape index (κ2) is 8.05. The molecule has 0 fully saturated rings. The number of amides is 3. The number of aromatic nitrogens is 1. The van der Waals surface area contributed by atoms with E-state index in [1.165, 1.54) is 16.9 Å². The molecule has 3 aromatic rings. The molecule has 1 atom stereocenters. The second-order valence-electron chi connectivity index (χ2n) is 7.21. The van der Waals surface area contributed by atoms with Crippen molar-refractivity contribution in [2.24, 2.45) is 0 Å². The summed E-state index contributed by atoms with van der Waals surface area (Å²) in [6.45, 7) is 4.02. The molecule has 0 saturated heterocycles. The topological polar surface area (TPSA) is 74.3 Å². The molecule has 29 heavy (non-hydrogen) atoms. The molecule has 6 nitrogen and oxygen atoms in total. The average molecular weight is 407 g/mol. The van der Waals surface area contributed by atoms with Crippen molar-refractivity contribution in [2.75, 3.05) is 15.5 Å². The Bertz CT molecular complexity index is 1060. The van der Waals surface area contributed by atoms with Gasteiger partial charge in [-0.25, -0.2) is 9.78 Å². The van der Waals surface area contributed by atoms with Crippen molar-refractivity contribution in [3.05, 3.63) is 70.7 Å². The first-order valence-corrected chi connectivity index (χ1v) is 10.4. The molecular formula is C22H22N4O2S. The predicted molar refractivity (Wildman–Crippen MR) is 117 cm³/mol. The smallest absolute Gasteiger partial charge is 0.309 e. The Morgan fingerprint density at radius 1 is 1.17 bits per heavy atom. The summed E-state index contributed by atoms with van der Waals surface area (Å²) in [4.78, 5) is 31.3. The summed E-state index contributed by atoms with van der Waals surface area (Å²) in [6, 6.07) is 15.4. The number of para-hydroxylation sites is 1. The number of thiazole rings is 1. The lowest BCUT2D eigenvalue weighted by Gasteiger charge is -2.22. The summed E-state index contributed by atoms with van der Waals surface area (Å²) in [5.41, 5.74) is 4.62. The molecule has 0 spiro atoms. The lowest BCUT2D eigenvalue weighted by Crippen LogP contribution is -2.36. The number of rotatable bonds is 4. The van der Waals surface area contributed by atoms with E-state index in [4.69, 9.17) is 0 Å². The Kier molecular flexibility index (Phi) is 5.31. The third kappa shape index (κ3) is 4.30. The largest absolute Gasteiger partial charge is 0.325 e. The normalized spacial score (nSPS) is 15.1. The second-order valence-corrected chi connectivity index (χ2v) is 8.07. The molecule has 0 aliphatic carbocycles. The molecule has 148 valence electrons. The van der Waals surface area contributed by atoms with E-state index in [0.29, 0.717) is 10.8 Å². The van der Waals surface area contributed by atoms with Gasteiger partial charge in [-0.3, -0.25) is 10.1 Å². The number of nitrogens with zero attached hydrogens (tertiary/aromatic N) is 2. The Labute approximate surface area is 173 Å². The van der Waals surface area contributed by atoms with Crippen LogP contribution in [-0.2, 0) is 17.6 Å². The first-order valence-electron chi connectivity index (χ1n) is 9.48. The summed E-state index contributed by atoms with van der Waals surface area (Å²) in [7, 11) is 0. The van der Waals surface area contributed by atoms with Crippen LogP contribution in [0.1, 0.15) is 23.7 Å². The highest BCUT2D eigenvalue weighted by Gasteiger charge is 2.30. The first kappa shape index (κ1) is 19.1. The summed E-state index contributed by atoms with van der Waals surface area (Å²) in [5, 5.41) is 7.79. The third-order valence-corrected chi connectivity index (χ3v) is 5.66. The van der Waals surface area contributed by atoms with Gasteiger partial charge in [0.15, 0.2) is 5.13 Å². The van der Waals surface area contributed by atoms with Gasteiger partial charge in [-0.2, -0.15) is 0 Å². The number of nitrogens with one attached hydrogen (secondary N) is 2. The van der Waals surface area contributed by atoms with Crippen molar-refractivity contribution in [1.82, 2.24) is 4.98 Å². The summed E-state index contributed by atoms with van der Waals surface area (Å²) in [5.74, 6) is 0.0171. The lowest BCUT2D eigenvalue weighted by molar-refractivity contribution is -0.118. The molecular weight excluding hydrogens is 384 g/mol. The minimum atomic E-state index is -0.357. The zero-order valence-corrected chi connectivity index (χ0v) is 17.1. The van der Waals surface area contributed by atoms with Gasteiger partial charge in [0.1, 0.15) is 0 Å². The fraction of sp³-hybridized carbons (Fsp3) is 0.227. The minimum Gasteiger partial charge on any atom is -0.309 e. The standard InChI is InChI=1S/C22H22N4O2S/c1-14-6-5-8-17(10-14)23-21(28)25-22-24-18(13-29-22)12-20(27)26-15(2)11-16-7-3-4-9-19(16)26/h3-10,13,15H,11-12H2,1-2H3,(H2,23,24,25,28)/t15-/m1/s1. The first-order chi connectivity index (χ1) is 14.0. The minimum absolute atomic E-state index is 0.0171. The number of anilines is 3. The zero-order valence-electron chi connectivity index (χ0n) is 16.3. The van der Waals surface area contributed by atoms with E-state index in [1.807, 2.05) is 59.7 Å². The highest BCUT2D eigenvalue weighted by Crippen LogP contribution is 2.32. The van der Waals surface area contributed by atoms with Crippen LogP contribution < -0.4 is 15.5 Å². The summed E-state index contributed by atoms with van der Waals surface area (Å²) >= 11 is 1.31. The van der Waals surface area contributed by atoms with Crippen LogP contribution in [0.15, 0.2) is 53.9 Å². The van der Waals surface area contributed by atoms with Gasteiger partial charge in [-0.15, -0.1) is 11.3 Å². The van der Waals surface area contributed by atoms with Gasteiger partial charge in [-0.05, 0) is 49.6 Å². The van der Waals surface area contributed by atoms with Crippen LogP contribution in [0.4, 0.5) is 21.3 Å². The molecule has 7 heteroatoms. The molecule has 0 bridgehead atoms. The quantitative estimate of drug-likeness (QED) is 0.664. The van der Waals surface area contributed by atoms with Crippen LogP contribution in [0.3, 0.4) is 0 Å². The molecule has 3 amide bonds. The number of aryl methyl sites for hydroxylation is 1. The summed E-state index contributed by atoms with van der Waals surface area (Å²) in [6.07, 6.45) is 1.07. The van der Waals surface area contributed by atoms with E-state index in [-0.39, 0.29) is 24.4 Å². The van der Waals surface area contributed by atoms with Gasteiger partial charge in [0.05, 0.1) is 12.1 Å². The average Bonchev–Trinajstić information content (AvgIpc) is 3.24. The third-order valence-electron chi connectivity index (χ3n) is 4.86. The lowest BCUT2D eigenvalue weighted by atomic mass is 10.1. The zero-order chi connectivity index (χ0) is 20.4.